The Morgan fingerprint density at radius 1 is 1.37 bits per heavy atom. The van der Waals surface area contributed by atoms with Crippen molar-refractivity contribution < 1.29 is 0 Å². The van der Waals surface area contributed by atoms with Crippen LogP contribution in [-0.2, 0) is 6.54 Å². The first kappa shape index (κ1) is 14.6. The molecule has 19 heavy (non-hydrogen) atoms. The molecule has 0 bridgehead atoms. The van der Waals surface area contributed by atoms with Crippen LogP contribution < -0.4 is 5.32 Å². The van der Waals surface area contributed by atoms with Crippen LogP contribution in [0.2, 0.25) is 0 Å². The first-order valence-electron chi connectivity index (χ1n) is 8.09. The smallest absolute Gasteiger partial charge is 0.0537 e. The third-order valence-corrected chi connectivity index (χ3v) is 4.30. The first-order chi connectivity index (χ1) is 9.33. The van der Waals surface area contributed by atoms with Crippen LogP contribution in [0.1, 0.15) is 70.4 Å². The summed E-state index contributed by atoms with van der Waals surface area (Å²) in [6, 6.07) is 0.496. The third kappa shape index (κ3) is 4.34. The zero-order valence-electron chi connectivity index (χ0n) is 12.6. The van der Waals surface area contributed by atoms with Gasteiger partial charge in [-0.25, -0.2) is 0 Å². The number of nitrogens with one attached hydrogen (secondary N) is 1. The van der Waals surface area contributed by atoms with E-state index in [1.165, 1.54) is 44.1 Å². The summed E-state index contributed by atoms with van der Waals surface area (Å²) in [6.07, 6.45) is 13.9. The fraction of sp³-hybridized carbons (Fsp3) is 0.812. The average Bonchev–Trinajstić information content (AvgIpc) is 3.06. The second-order valence-corrected chi connectivity index (χ2v) is 5.87. The molecule has 0 saturated heterocycles. The van der Waals surface area contributed by atoms with E-state index in [4.69, 9.17) is 0 Å². The molecule has 1 N–H and O–H groups in total. The lowest BCUT2D eigenvalue weighted by molar-refractivity contribution is 0.416. The van der Waals surface area contributed by atoms with Crippen molar-refractivity contribution in [2.24, 2.45) is 5.92 Å². The third-order valence-electron chi connectivity index (χ3n) is 4.30. The van der Waals surface area contributed by atoms with Crippen molar-refractivity contribution in [1.82, 2.24) is 15.1 Å². The number of aryl methyl sites for hydroxylation is 1. The Labute approximate surface area is 117 Å². The van der Waals surface area contributed by atoms with Crippen LogP contribution in [0, 0.1) is 5.92 Å². The summed E-state index contributed by atoms with van der Waals surface area (Å²) in [4.78, 5) is 0. The molecule has 0 radical (unpaired) electrons. The molecule has 1 aliphatic rings. The van der Waals surface area contributed by atoms with Crippen LogP contribution in [0.3, 0.4) is 0 Å². The Hall–Kier alpha value is -0.830. The zero-order valence-corrected chi connectivity index (χ0v) is 12.6. The minimum Gasteiger partial charge on any atom is -0.310 e. The fourth-order valence-electron chi connectivity index (χ4n) is 3.25. The summed E-state index contributed by atoms with van der Waals surface area (Å²) in [6.45, 7) is 6.46. The summed E-state index contributed by atoms with van der Waals surface area (Å²) in [7, 11) is 0. The Kier molecular flexibility index (Phi) is 5.90. The topological polar surface area (TPSA) is 29.9 Å². The molecular weight excluding hydrogens is 234 g/mol. The minimum atomic E-state index is 0.496. The highest BCUT2D eigenvalue weighted by Crippen LogP contribution is 2.31. The van der Waals surface area contributed by atoms with E-state index in [2.05, 4.69) is 41.3 Å². The molecule has 1 fully saturated rings. The van der Waals surface area contributed by atoms with Crippen LogP contribution >= 0.6 is 0 Å². The van der Waals surface area contributed by atoms with Gasteiger partial charge >= 0.3 is 0 Å². The standard InChI is InChI=1S/C16H29N3/c1-3-11-19-13-15(12-18-19)16(17-4-2)10-9-14-7-5-6-8-14/h12-14,16-17H,3-11H2,1-2H3. The van der Waals surface area contributed by atoms with Gasteiger partial charge in [-0.2, -0.15) is 5.10 Å². The predicted octanol–water partition coefficient (Wildman–Crippen LogP) is 3.91. The van der Waals surface area contributed by atoms with Crippen LogP contribution in [0.15, 0.2) is 12.4 Å². The molecule has 3 heteroatoms. The van der Waals surface area contributed by atoms with E-state index >= 15 is 0 Å². The predicted molar refractivity (Wildman–Crippen MR) is 80.1 cm³/mol. The highest BCUT2D eigenvalue weighted by atomic mass is 15.3. The van der Waals surface area contributed by atoms with Crippen LogP contribution in [0.5, 0.6) is 0 Å². The van der Waals surface area contributed by atoms with Crippen molar-refractivity contribution in [1.29, 1.82) is 0 Å². The molecule has 1 saturated carbocycles. The maximum absolute atomic E-state index is 4.47. The van der Waals surface area contributed by atoms with Gasteiger partial charge in [-0.1, -0.05) is 39.5 Å². The molecule has 0 aromatic carbocycles. The number of nitrogens with zero attached hydrogens (tertiary/aromatic N) is 2. The molecule has 0 amide bonds. The molecular formula is C16H29N3. The molecule has 1 unspecified atom stereocenters. The van der Waals surface area contributed by atoms with Crippen molar-refractivity contribution in [3.8, 4) is 0 Å². The van der Waals surface area contributed by atoms with E-state index in [-0.39, 0.29) is 0 Å². The first-order valence-corrected chi connectivity index (χ1v) is 8.09. The molecule has 1 heterocycles. The Morgan fingerprint density at radius 3 is 2.84 bits per heavy atom. The van der Waals surface area contributed by atoms with Crippen LogP contribution in [-0.4, -0.2) is 16.3 Å². The molecule has 3 nitrogen and oxygen atoms in total. The maximum Gasteiger partial charge on any atom is 0.0537 e. The molecule has 1 aromatic heterocycles. The number of hydrogen-bond acceptors (Lipinski definition) is 2. The number of hydrogen-bond donors (Lipinski definition) is 1. The monoisotopic (exact) mass is 263 g/mol. The minimum absolute atomic E-state index is 0.496. The van der Waals surface area contributed by atoms with Gasteiger partial charge in [0.05, 0.1) is 6.20 Å². The highest BCUT2D eigenvalue weighted by Gasteiger charge is 2.18. The summed E-state index contributed by atoms with van der Waals surface area (Å²) in [5.74, 6) is 0.979. The van der Waals surface area contributed by atoms with Crippen LogP contribution in [0.25, 0.3) is 0 Å². The molecule has 108 valence electrons. The fourth-order valence-corrected chi connectivity index (χ4v) is 3.25. The zero-order chi connectivity index (χ0) is 13.5. The Balaban J connectivity index is 1.89. The van der Waals surface area contributed by atoms with Gasteiger partial charge in [-0.05, 0) is 31.7 Å². The largest absolute Gasteiger partial charge is 0.310 e. The maximum atomic E-state index is 4.47. The molecule has 0 aliphatic heterocycles. The van der Waals surface area contributed by atoms with Gasteiger partial charge in [-0.3, -0.25) is 4.68 Å². The van der Waals surface area contributed by atoms with Gasteiger partial charge in [0.1, 0.15) is 0 Å². The van der Waals surface area contributed by atoms with Crippen molar-refractivity contribution in [2.75, 3.05) is 6.54 Å². The van der Waals surface area contributed by atoms with Gasteiger partial charge < -0.3 is 5.32 Å². The lowest BCUT2D eigenvalue weighted by atomic mass is 9.96. The summed E-state index contributed by atoms with van der Waals surface area (Å²) in [5, 5.41) is 8.09. The quantitative estimate of drug-likeness (QED) is 0.770. The average molecular weight is 263 g/mol. The van der Waals surface area contributed by atoms with E-state index in [0.29, 0.717) is 6.04 Å². The van der Waals surface area contributed by atoms with Crippen molar-refractivity contribution >= 4 is 0 Å². The van der Waals surface area contributed by atoms with E-state index in [0.717, 1.165) is 25.4 Å². The highest BCUT2D eigenvalue weighted by molar-refractivity contribution is 5.10. The number of rotatable bonds is 8. The SMILES string of the molecule is CCCn1cc(C(CCC2CCCC2)NCC)cn1. The van der Waals surface area contributed by atoms with Crippen LogP contribution in [0.4, 0.5) is 0 Å². The summed E-state index contributed by atoms with van der Waals surface area (Å²) >= 11 is 0. The number of aromatic nitrogens is 2. The molecule has 1 atom stereocenters. The lowest BCUT2D eigenvalue weighted by Gasteiger charge is -2.18. The van der Waals surface area contributed by atoms with Gasteiger partial charge in [-0.15, -0.1) is 0 Å². The van der Waals surface area contributed by atoms with Gasteiger partial charge in [0.25, 0.3) is 0 Å². The normalized spacial score (nSPS) is 18.0. The molecule has 2 rings (SSSR count). The van der Waals surface area contributed by atoms with Gasteiger partial charge in [0.15, 0.2) is 0 Å². The molecule has 0 spiro atoms. The van der Waals surface area contributed by atoms with E-state index in [1.807, 2.05) is 0 Å². The van der Waals surface area contributed by atoms with Crippen molar-refractivity contribution in [3.63, 3.8) is 0 Å². The Bertz CT molecular complexity index is 353. The lowest BCUT2D eigenvalue weighted by Crippen LogP contribution is -2.21. The second-order valence-electron chi connectivity index (χ2n) is 5.87. The Morgan fingerprint density at radius 2 is 2.16 bits per heavy atom. The summed E-state index contributed by atoms with van der Waals surface area (Å²) < 4.78 is 2.08. The second kappa shape index (κ2) is 7.68. The molecule has 1 aromatic rings. The molecule has 1 aliphatic carbocycles. The van der Waals surface area contributed by atoms with Crippen molar-refractivity contribution in [3.05, 3.63) is 18.0 Å². The van der Waals surface area contributed by atoms with E-state index in [9.17, 15) is 0 Å². The van der Waals surface area contributed by atoms with Gasteiger partial charge in [0, 0.05) is 24.3 Å². The summed E-state index contributed by atoms with van der Waals surface area (Å²) in [5.41, 5.74) is 1.37. The van der Waals surface area contributed by atoms with E-state index < -0.39 is 0 Å². The van der Waals surface area contributed by atoms with Gasteiger partial charge in [0.2, 0.25) is 0 Å². The van der Waals surface area contributed by atoms with E-state index in [1.54, 1.807) is 0 Å². The van der Waals surface area contributed by atoms with Crippen molar-refractivity contribution in [2.45, 2.75) is 71.4 Å².